The fraction of sp³-hybridized carbons (Fsp3) is 0.667. The SMILES string of the molecule is CCCNC(CO)(CN1CCCC(C)C1)c1ccccc1. The molecule has 1 aliphatic rings. The van der Waals surface area contributed by atoms with Gasteiger partial charge < -0.3 is 15.3 Å². The lowest BCUT2D eigenvalue weighted by molar-refractivity contribution is 0.0832. The van der Waals surface area contributed by atoms with Crippen LogP contribution in [-0.2, 0) is 5.54 Å². The molecule has 0 bridgehead atoms. The highest BCUT2D eigenvalue weighted by atomic mass is 16.3. The molecular formula is C18H30N2O. The third-order valence-electron chi connectivity index (χ3n) is 4.54. The number of aliphatic hydroxyl groups is 1. The third kappa shape index (κ3) is 4.29. The fourth-order valence-corrected chi connectivity index (χ4v) is 3.38. The Kier molecular flexibility index (Phi) is 6.22. The van der Waals surface area contributed by atoms with E-state index in [1.165, 1.54) is 18.4 Å². The van der Waals surface area contributed by atoms with Crippen molar-refractivity contribution in [2.75, 3.05) is 32.8 Å². The monoisotopic (exact) mass is 290 g/mol. The Hall–Kier alpha value is -0.900. The minimum Gasteiger partial charge on any atom is -0.394 e. The number of nitrogens with one attached hydrogen (secondary N) is 1. The predicted octanol–water partition coefficient (Wildman–Crippen LogP) is 2.61. The summed E-state index contributed by atoms with van der Waals surface area (Å²) in [4.78, 5) is 2.51. The molecule has 3 nitrogen and oxygen atoms in total. The van der Waals surface area contributed by atoms with Crippen molar-refractivity contribution >= 4 is 0 Å². The third-order valence-corrected chi connectivity index (χ3v) is 4.54. The van der Waals surface area contributed by atoms with Gasteiger partial charge in [0.2, 0.25) is 0 Å². The number of hydrogen-bond donors (Lipinski definition) is 2. The topological polar surface area (TPSA) is 35.5 Å². The van der Waals surface area contributed by atoms with Crippen molar-refractivity contribution in [3.63, 3.8) is 0 Å². The maximum Gasteiger partial charge on any atom is 0.0797 e. The standard InChI is InChI=1S/C18H30N2O/c1-3-11-19-18(15-21,17-9-5-4-6-10-17)14-20-12-7-8-16(2)13-20/h4-6,9-10,16,19,21H,3,7-8,11-15H2,1-2H3. The molecule has 2 N–H and O–H groups in total. The lowest BCUT2D eigenvalue weighted by atomic mass is 9.88. The Morgan fingerprint density at radius 3 is 2.71 bits per heavy atom. The minimum absolute atomic E-state index is 0.141. The van der Waals surface area contributed by atoms with E-state index in [1.54, 1.807) is 0 Å². The van der Waals surface area contributed by atoms with Crippen molar-refractivity contribution in [3.8, 4) is 0 Å². The molecule has 0 spiro atoms. The van der Waals surface area contributed by atoms with Gasteiger partial charge in [-0.2, -0.15) is 0 Å². The van der Waals surface area contributed by atoms with Crippen molar-refractivity contribution in [1.29, 1.82) is 0 Å². The maximum absolute atomic E-state index is 10.2. The molecule has 1 fully saturated rings. The molecule has 0 aromatic heterocycles. The second-order valence-electron chi connectivity index (χ2n) is 6.52. The Balaban J connectivity index is 2.18. The van der Waals surface area contributed by atoms with E-state index in [1.807, 2.05) is 6.07 Å². The zero-order chi connectivity index (χ0) is 15.1. The molecule has 0 saturated carbocycles. The normalized spacial score (nSPS) is 22.9. The van der Waals surface area contributed by atoms with Crippen LogP contribution in [0.25, 0.3) is 0 Å². The molecule has 2 rings (SSSR count). The second-order valence-corrected chi connectivity index (χ2v) is 6.52. The van der Waals surface area contributed by atoms with Crippen molar-refractivity contribution in [2.45, 2.75) is 38.6 Å². The van der Waals surface area contributed by atoms with Gasteiger partial charge in [0.15, 0.2) is 0 Å². The Morgan fingerprint density at radius 2 is 2.10 bits per heavy atom. The molecule has 0 aliphatic carbocycles. The summed E-state index contributed by atoms with van der Waals surface area (Å²) in [5.41, 5.74) is 0.855. The van der Waals surface area contributed by atoms with Gasteiger partial charge in [0.1, 0.15) is 0 Å². The number of benzene rings is 1. The lowest BCUT2D eigenvalue weighted by Crippen LogP contribution is -2.55. The summed E-state index contributed by atoms with van der Waals surface area (Å²) >= 11 is 0. The first-order valence-electron chi connectivity index (χ1n) is 8.34. The summed E-state index contributed by atoms with van der Waals surface area (Å²) in [5, 5.41) is 13.8. The van der Waals surface area contributed by atoms with Crippen LogP contribution in [-0.4, -0.2) is 42.8 Å². The summed E-state index contributed by atoms with van der Waals surface area (Å²) in [7, 11) is 0. The average molecular weight is 290 g/mol. The highest BCUT2D eigenvalue weighted by Gasteiger charge is 2.34. The Bertz CT molecular complexity index is 409. The van der Waals surface area contributed by atoms with E-state index in [4.69, 9.17) is 0 Å². The molecule has 2 atom stereocenters. The van der Waals surface area contributed by atoms with Crippen LogP contribution >= 0.6 is 0 Å². The van der Waals surface area contributed by atoms with Crippen molar-refractivity contribution in [2.24, 2.45) is 5.92 Å². The van der Waals surface area contributed by atoms with Crippen LogP contribution in [0.1, 0.15) is 38.7 Å². The zero-order valence-electron chi connectivity index (χ0n) is 13.5. The molecule has 1 saturated heterocycles. The molecule has 3 heteroatoms. The molecule has 1 aromatic rings. The molecular weight excluding hydrogens is 260 g/mol. The highest BCUT2D eigenvalue weighted by Crippen LogP contribution is 2.25. The number of rotatable bonds is 7. The van der Waals surface area contributed by atoms with E-state index >= 15 is 0 Å². The van der Waals surface area contributed by atoms with Gasteiger partial charge in [-0.1, -0.05) is 44.2 Å². The first kappa shape index (κ1) is 16.5. The predicted molar refractivity (Wildman–Crippen MR) is 88.3 cm³/mol. The van der Waals surface area contributed by atoms with Crippen LogP contribution in [0.4, 0.5) is 0 Å². The van der Waals surface area contributed by atoms with Crippen LogP contribution in [0, 0.1) is 5.92 Å². The van der Waals surface area contributed by atoms with Gasteiger partial charge in [-0.25, -0.2) is 0 Å². The highest BCUT2D eigenvalue weighted by molar-refractivity contribution is 5.25. The molecule has 0 amide bonds. The quantitative estimate of drug-likeness (QED) is 0.810. The van der Waals surface area contributed by atoms with Gasteiger partial charge in [0, 0.05) is 13.1 Å². The number of piperidine rings is 1. The number of aliphatic hydroxyl groups excluding tert-OH is 1. The average Bonchev–Trinajstić information content (AvgIpc) is 2.52. The molecule has 2 unspecified atom stereocenters. The summed E-state index contributed by atoms with van der Waals surface area (Å²) in [6.45, 7) is 8.74. The first-order chi connectivity index (χ1) is 10.2. The van der Waals surface area contributed by atoms with Gasteiger partial charge in [-0.15, -0.1) is 0 Å². The molecule has 21 heavy (non-hydrogen) atoms. The molecule has 1 heterocycles. The molecule has 1 aliphatic heterocycles. The smallest absolute Gasteiger partial charge is 0.0797 e. The van der Waals surface area contributed by atoms with Gasteiger partial charge in [-0.05, 0) is 43.8 Å². The Labute approximate surface area is 129 Å². The summed E-state index contributed by atoms with van der Waals surface area (Å²) < 4.78 is 0. The number of likely N-dealkylation sites (tertiary alicyclic amines) is 1. The Morgan fingerprint density at radius 1 is 1.33 bits per heavy atom. The van der Waals surface area contributed by atoms with E-state index < -0.39 is 0 Å². The van der Waals surface area contributed by atoms with Crippen LogP contribution in [0.2, 0.25) is 0 Å². The van der Waals surface area contributed by atoms with Crippen LogP contribution < -0.4 is 5.32 Å². The lowest BCUT2D eigenvalue weighted by Gasteiger charge is -2.41. The summed E-state index contributed by atoms with van der Waals surface area (Å²) in [5.74, 6) is 0.761. The van der Waals surface area contributed by atoms with Crippen LogP contribution in [0.3, 0.4) is 0 Å². The van der Waals surface area contributed by atoms with E-state index in [0.717, 1.165) is 38.5 Å². The summed E-state index contributed by atoms with van der Waals surface area (Å²) in [6.07, 6.45) is 3.67. The fourth-order valence-electron chi connectivity index (χ4n) is 3.38. The first-order valence-corrected chi connectivity index (χ1v) is 8.34. The van der Waals surface area contributed by atoms with Gasteiger partial charge >= 0.3 is 0 Å². The molecule has 0 radical (unpaired) electrons. The van der Waals surface area contributed by atoms with Crippen LogP contribution in [0.15, 0.2) is 30.3 Å². The minimum atomic E-state index is -0.339. The maximum atomic E-state index is 10.2. The number of nitrogens with zero attached hydrogens (tertiary/aromatic N) is 1. The summed E-state index contributed by atoms with van der Waals surface area (Å²) in [6, 6.07) is 10.4. The second kappa shape index (κ2) is 7.92. The van der Waals surface area contributed by atoms with Gasteiger partial charge in [0.05, 0.1) is 12.1 Å². The molecule has 118 valence electrons. The van der Waals surface area contributed by atoms with Crippen molar-refractivity contribution in [1.82, 2.24) is 10.2 Å². The van der Waals surface area contributed by atoms with E-state index in [9.17, 15) is 5.11 Å². The van der Waals surface area contributed by atoms with Crippen molar-refractivity contribution in [3.05, 3.63) is 35.9 Å². The van der Waals surface area contributed by atoms with Gasteiger partial charge in [-0.3, -0.25) is 0 Å². The largest absolute Gasteiger partial charge is 0.394 e. The number of hydrogen-bond acceptors (Lipinski definition) is 3. The van der Waals surface area contributed by atoms with E-state index in [0.29, 0.717) is 0 Å². The zero-order valence-corrected chi connectivity index (χ0v) is 13.5. The molecule has 1 aromatic carbocycles. The van der Waals surface area contributed by atoms with Crippen molar-refractivity contribution < 1.29 is 5.11 Å². The van der Waals surface area contributed by atoms with Crippen LogP contribution in [0.5, 0.6) is 0 Å². The van der Waals surface area contributed by atoms with E-state index in [2.05, 4.69) is 48.3 Å². The van der Waals surface area contributed by atoms with E-state index in [-0.39, 0.29) is 12.1 Å². The van der Waals surface area contributed by atoms with Gasteiger partial charge in [0.25, 0.3) is 0 Å².